The maximum atomic E-state index is 12.2. The highest BCUT2D eigenvalue weighted by Gasteiger charge is 2.46. The summed E-state index contributed by atoms with van der Waals surface area (Å²) < 4.78 is 0. The molecule has 0 aromatic heterocycles. The molecule has 1 N–H and O–H groups in total. The minimum atomic E-state index is -0.790. The van der Waals surface area contributed by atoms with E-state index in [0.29, 0.717) is 12.8 Å². The van der Waals surface area contributed by atoms with Crippen LogP contribution in [0.4, 0.5) is 0 Å². The molecule has 96 valence electrons. The fraction of sp³-hybridized carbons (Fsp3) is 0.846. The number of carbonyl (C=O) groups excluding carboxylic acids is 1. The molecule has 1 unspecified atom stereocenters. The van der Waals surface area contributed by atoms with E-state index in [-0.39, 0.29) is 18.4 Å². The zero-order valence-electron chi connectivity index (χ0n) is 10.4. The lowest BCUT2D eigenvalue weighted by Gasteiger charge is -2.40. The van der Waals surface area contributed by atoms with Crippen molar-refractivity contribution in [1.82, 2.24) is 4.90 Å². The van der Waals surface area contributed by atoms with Crippen LogP contribution in [0.1, 0.15) is 51.9 Å². The third kappa shape index (κ3) is 2.31. The summed E-state index contributed by atoms with van der Waals surface area (Å²) in [6, 6.07) is 0.280. The zero-order chi connectivity index (χ0) is 12.5. The molecule has 0 spiro atoms. The average Bonchev–Trinajstić information content (AvgIpc) is 2.23. The van der Waals surface area contributed by atoms with Crippen LogP contribution in [-0.2, 0) is 9.59 Å². The summed E-state index contributed by atoms with van der Waals surface area (Å²) in [4.78, 5) is 25.3. The number of hydrogen-bond donors (Lipinski definition) is 1. The van der Waals surface area contributed by atoms with E-state index in [1.54, 1.807) is 0 Å². The lowest BCUT2D eigenvalue weighted by atomic mass is 9.66. The van der Waals surface area contributed by atoms with Crippen LogP contribution in [-0.4, -0.2) is 34.5 Å². The predicted octanol–water partition coefficient (Wildman–Crippen LogP) is 2.03. The lowest BCUT2D eigenvalue weighted by Crippen LogP contribution is -2.47. The highest BCUT2D eigenvalue weighted by Crippen LogP contribution is 2.44. The molecule has 1 atom stereocenters. The number of nitrogens with zero attached hydrogens (tertiary/aromatic N) is 1. The van der Waals surface area contributed by atoms with Crippen LogP contribution < -0.4 is 0 Å². The molecule has 2 rings (SSSR count). The number of piperidine rings is 1. The Morgan fingerprint density at radius 3 is 2.47 bits per heavy atom. The molecule has 1 amide bonds. The molecule has 1 aliphatic heterocycles. The molecule has 1 heterocycles. The maximum absolute atomic E-state index is 12.2. The Hall–Kier alpha value is -1.06. The zero-order valence-corrected chi connectivity index (χ0v) is 10.4. The van der Waals surface area contributed by atoms with Gasteiger partial charge in [-0.2, -0.15) is 0 Å². The highest BCUT2D eigenvalue weighted by molar-refractivity contribution is 5.85. The second-order valence-corrected chi connectivity index (χ2v) is 5.55. The van der Waals surface area contributed by atoms with Gasteiger partial charge in [-0.15, -0.1) is 0 Å². The van der Waals surface area contributed by atoms with Gasteiger partial charge in [-0.1, -0.05) is 6.42 Å². The summed E-state index contributed by atoms with van der Waals surface area (Å²) in [5, 5.41) is 9.23. The van der Waals surface area contributed by atoms with Crippen molar-refractivity contribution in [2.24, 2.45) is 5.41 Å². The molecule has 1 saturated heterocycles. The molecular formula is C13H21NO3. The first kappa shape index (κ1) is 12.4. The Morgan fingerprint density at radius 2 is 2.00 bits per heavy atom. The van der Waals surface area contributed by atoms with Crippen LogP contribution in [0.2, 0.25) is 0 Å². The summed E-state index contributed by atoms with van der Waals surface area (Å²) in [6.45, 7) is 2.86. The Morgan fingerprint density at radius 1 is 1.29 bits per heavy atom. The van der Waals surface area contributed by atoms with Crippen LogP contribution >= 0.6 is 0 Å². The second-order valence-electron chi connectivity index (χ2n) is 5.55. The monoisotopic (exact) mass is 239 g/mol. The van der Waals surface area contributed by atoms with E-state index in [9.17, 15) is 14.7 Å². The van der Waals surface area contributed by atoms with Crippen molar-refractivity contribution in [1.29, 1.82) is 0 Å². The molecule has 1 saturated carbocycles. The van der Waals surface area contributed by atoms with Gasteiger partial charge in [-0.25, -0.2) is 0 Å². The fourth-order valence-corrected chi connectivity index (χ4v) is 2.93. The van der Waals surface area contributed by atoms with Crippen LogP contribution in [0.3, 0.4) is 0 Å². The summed E-state index contributed by atoms with van der Waals surface area (Å²) in [5.74, 6) is -0.749. The van der Waals surface area contributed by atoms with Crippen LogP contribution in [0.15, 0.2) is 0 Å². The van der Waals surface area contributed by atoms with Crippen LogP contribution in [0.25, 0.3) is 0 Å². The number of carboxylic acid groups (broad SMARTS) is 1. The largest absolute Gasteiger partial charge is 0.481 e. The molecule has 0 radical (unpaired) electrons. The topological polar surface area (TPSA) is 57.6 Å². The molecule has 2 fully saturated rings. The van der Waals surface area contributed by atoms with E-state index in [1.807, 2.05) is 4.90 Å². The first-order chi connectivity index (χ1) is 8.05. The summed E-state index contributed by atoms with van der Waals surface area (Å²) >= 11 is 0. The smallest absolute Gasteiger partial charge is 0.310 e. The summed E-state index contributed by atoms with van der Waals surface area (Å²) in [6.07, 6.45) is 5.74. The normalized spacial score (nSPS) is 27.4. The van der Waals surface area contributed by atoms with Gasteiger partial charge in [-0.3, -0.25) is 9.59 Å². The van der Waals surface area contributed by atoms with Crippen LogP contribution in [0.5, 0.6) is 0 Å². The van der Waals surface area contributed by atoms with E-state index in [4.69, 9.17) is 0 Å². The number of hydrogen-bond acceptors (Lipinski definition) is 2. The number of carboxylic acids is 1. The van der Waals surface area contributed by atoms with Gasteiger partial charge in [0.25, 0.3) is 0 Å². The fourth-order valence-electron chi connectivity index (χ4n) is 2.93. The Bertz CT molecular complexity index is 323. The van der Waals surface area contributed by atoms with Gasteiger partial charge < -0.3 is 10.0 Å². The van der Waals surface area contributed by atoms with Gasteiger partial charge in [0.1, 0.15) is 0 Å². The molecule has 0 bridgehead atoms. The first-order valence-electron chi connectivity index (χ1n) is 6.58. The molecule has 0 aromatic carbocycles. The molecule has 2 aliphatic rings. The maximum Gasteiger partial charge on any atom is 0.310 e. The standard InChI is InChI=1S/C13H21NO3/c1-10-5-2-3-8-14(10)11(15)9-13(12(16)17)6-4-7-13/h10H,2-9H2,1H3,(H,16,17). The van der Waals surface area contributed by atoms with E-state index in [2.05, 4.69) is 6.92 Å². The van der Waals surface area contributed by atoms with E-state index < -0.39 is 11.4 Å². The van der Waals surface area contributed by atoms with Crippen molar-refractivity contribution >= 4 is 11.9 Å². The highest BCUT2D eigenvalue weighted by atomic mass is 16.4. The average molecular weight is 239 g/mol. The number of aliphatic carboxylic acids is 1. The van der Waals surface area contributed by atoms with Gasteiger partial charge in [-0.05, 0) is 39.0 Å². The minimum Gasteiger partial charge on any atom is -0.481 e. The number of amides is 1. The van der Waals surface area contributed by atoms with Gasteiger partial charge in [0.05, 0.1) is 5.41 Å². The van der Waals surface area contributed by atoms with Gasteiger partial charge >= 0.3 is 5.97 Å². The van der Waals surface area contributed by atoms with E-state index in [0.717, 1.165) is 25.8 Å². The van der Waals surface area contributed by atoms with Crippen molar-refractivity contribution in [3.05, 3.63) is 0 Å². The molecule has 1 aliphatic carbocycles. The third-order valence-electron chi connectivity index (χ3n) is 4.38. The molecule has 4 heteroatoms. The van der Waals surface area contributed by atoms with Crippen molar-refractivity contribution in [2.45, 2.75) is 57.9 Å². The first-order valence-corrected chi connectivity index (χ1v) is 6.58. The molecule has 17 heavy (non-hydrogen) atoms. The van der Waals surface area contributed by atoms with Gasteiger partial charge in [0, 0.05) is 19.0 Å². The molecular weight excluding hydrogens is 218 g/mol. The van der Waals surface area contributed by atoms with Crippen molar-refractivity contribution < 1.29 is 14.7 Å². The molecule has 4 nitrogen and oxygen atoms in total. The summed E-state index contributed by atoms with van der Waals surface area (Å²) in [5.41, 5.74) is -0.742. The van der Waals surface area contributed by atoms with Gasteiger partial charge in [0.2, 0.25) is 5.91 Å². The molecule has 0 aromatic rings. The SMILES string of the molecule is CC1CCCCN1C(=O)CC1(C(=O)O)CCC1. The van der Waals surface area contributed by atoms with E-state index >= 15 is 0 Å². The summed E-state index contributed by atoms with van der Waals surface area (Å²) in [7, 11) is 0. The van der Waals surface area contributed by atoms with Crippen molar-refractivity contribution in [2.75, 3.05) is 6.54 Å². The Kier molecular flexibility index (Phi) is 3.40. The minimum absolute atomic E-state index is 0.0410. The number of likely N-dealkylation sites (tertiary alicyclic amines) is 1. The third-order valence-corrected chi connectivity index (χ3v) is 4.38. The Balaban J connectivity index is 1.98. The second kappa shape index (κ2) is 4.67. The van der Waals surface area contributed by atoms with E-state index in [1.165, 1.54) is 6.42 Å². The van der Waals surface area contributed by atoms with Crippen LogP contribution in [0, 0.1) is 5.41 Å². The predicted molar refractivity (Wildman–Crippen MR) is 63.6 cm³/mol. The Labute approximate surface area is 102 Å². The van der Waals surface area contributed by atoms with Gasteiger partial charge in [0.15, 0.2) is 0 Å². The number of carbonyl (C=O) groups is 2. The number of rotatable bonds is 3. The quantitative estimate of drug-likeness (QED) is 0.819. The van der Waals surface area contributed by atoms with Crippen molar-refractivity contribution in [3.63, 3.8) is 0 Å². The van der Waals surface area contributed by atoms with Crippen molar-refractivity contribution in [3.8, 4) is 0 Å². The lowest BCUT2D eigenvalue weighted by molar-refractivity contribution is -0.160.